The first-order valence-corrected chi connectivity index (χ1v) is 8.73. The summed E-state index contributed by atoms with van der Waals surface area (Å²) in [7, 11) is 0. The van der Waals surface area contributed by atoms with Crippen molar-refractivity contribution in [1.29, 1.82) is 0 Å². The molecule has 0 saturated carbocycles. The van der Waals surface area contributed by atoms with Gasteiger partial charge in [0.05, 0.1) is 10.5 Å². The minimum Gasteiger partial charge on any atom is -0.461 e. The van der Waals surface area contributed by atoms with E-state index >= 15 is 0 Å². The highest BCUT2D eigenvalue weighted by Crippen LogP contribution is 2.12. The fourth-order valence-corrected chi connectivity index (χ4v) is 2.46. The van der Waals surface area contributed by atoms with E-state index in [4.69, 9.17) is 4.74 Å². The molecular formula is C18H29ClN2O4. The molecule has 0 saturated heterocycles. The highest BCUT2D eigenvalue weighted by molar-refractivity contribution is 5.89. The van der Waals surface area contributed by atoms with Crippen molar-refractivity contribution < 1.29 is 14.5 Å². The molecule has 0 amide bonds. The van der Waals surface area contributed by atoms with Crippen LogP contribution < -0.4 is 5.32 Å². The van der Waals surface area contributed by atoms with Crippen molar-refractivity contribution in [2.75, 3.05) is 13.2 Å². The van der Waals surface area contributed by atoms with Crippen LogP contribution in [-0.4, -0.2) is 30.1 Å². The molecule has 0 bridgehead atoms. The first-order valence-electron chi connectivity index (χ1n) is 8.73. The molecule has 142 valence electrons. The fourth-order valence-electron chi connectivity index (χ4n) is 2.46. The summed E-state index contributed by atoms with van der Waals surface area (Å²) >= 11 is 0. The van der Waals surface area contributed by atoms with E-state index in [1.54, 1.807) is 0 Å². The Morgan fingerprint density at radius 1 is 1.16 bits per heavy atom. The molecular weight excluding hydrogens is 344 g/mol. The van der Waals surface area contributed by atoms with E-state index in [-0.39, 0.29) is 18.1 Å². The highest BCUT2D eigenvalue weighted by Gasteiger charge is 2.11. The molecule has 7 heteroatoms. The molecule has 0 atom stereocenters. The summed E-state index contributed by atoms with van der Waals surface area (Å²) in [6.45, 7) is 5.28. The Hall–Kier alpha value is -1.66. The Morgan fingerprint density at radius 2 is 1.72 bits per heavy atom. The molecule has 0 aliphatic heterocycles. The maximum Gasteiger partial charge on any atom is 0.338 e. The number of esters is 1. The Labute approximate surface area is 155 Å². The van der Waals surface area contributed by atoms with E-state index in [0.29, 0.717) is 24.8 Å². The van der Waals surface area contributed by atoms with Gasteiger partial charge in [0.2, 0.25) is 0 Å². The number of non-ortho nitro benzene ring substituents is 1. The molecule has 0 radical (unpaired) electrons. The summed E-state index contributed by atoms with van der Waals surface area (Å²) in [6, 6.07) is 5.92. The first kappa shape index (κ1) is 23.3. The maximum absolute atomic E-state index is 11.9. The van der Waals surface area contributed by atoms with Crippen LogP contribution in [0.15, 0.2) is 24.3 Å². The lowest BCUT2D eigenvalue weighted by Crippen LogP contribution is -2.32. The van der Waals surface area contributed by atoms with Gasteiger partial charge in [-0.3, -0.25) is 10.1 Å². The summed E-state index contributed by atoms with van der Waals surface area (Å²) in [5.74, 6) is -0.453. The zero-order valence-corrected chi connectivity index (χ0v) is 15.8. The number of hydrogen-bond acceptors (Lipinski definition) is 5. The molecule has 6 nitrogen and oxygen atoms in total. The lowest BCUT2D eigenvalue weighted by Gasteiger charge is -2.18. The summed E-state index contributed by atoms with van der Waals surface area (Å²) in [4.78, 5) is 22.0. The van der Waals surface area contributed by atoms with Crippen molar-refractivity contribution in [3.05, 3.63) is 39.9 Å². The van der Waals surface area contributed by atoms with Crippen LogP contribution in [0.1, 0.15) is 62.7 Å². The van der Waals surface area contributed by atoms with Gasteiger partial charge in [-0.25, -0.2) is 4.79 Å². The van der Waals surface area contributed by atoms with Crippen molar-refractivity contribution in [3.8, 4) is 0 Å². The maximum atomic E-state index is 11.9. The van der Waals surface area contributed by atoms with E-state index in [2.05, 4.69) is 19.2 Å². The molecule has 0 fully saturated rings. The van der Waals surface area contributed by atoms with Gasteiger partial charge in [0, 0.05) is 24.7 Å². The van der Waals surface area contributed by atoms with Crippen LogP contribution >= 0.6 is 12.4 Å². The van der Waals surface area contributed by atoms with E-state index in [1.165, 1.54) is 49.9 Å². The lowest BCUT2D eigenvalue weighted by molar-refractivity contribution is -0.384. The number of nitro benzene ring substituents is 1. The Kier molecular flexibility index (Phi) is 12.7. The van der Waals surface area contributed by atoms with Crippen LogP contribution in [0.25, 0.3) is 0 Å². The summed E-state index contributed by atoms with van der Waals surface area (Å²) in [5.41, 5.74) is 0.289. The molecule has 1 N–H and O–H groups in total. The Bertz CT molecular complexity index is 500. The van der Waals surface area contributed by atoms with Gasteiger partial charge < -0.3 is 10.1 Å². The molecule has 25 heavy (non-hydrogen) atoms. The number of carbonyl (C=O) groups excluding carboxylic acids is 1. The predicted octanol–water partition coefficient (Wildman–Crippen LogP) is 4.51. The van der Waals surface area contributed by atoms with E-state index < -0.39 is 10.9 Å². The number of nitro groups is 1. The standard InChI is InChI=1S/C18H28N2O4.ClH/c1-3-5-7-16(8-6-4-2)19-13-14-24-18(21)15-9-11-17(12-10-15)20(22)23;/h9-12,16,19H,3-8,13-14H2,1-2H3;1H. The molecule has 1 aromatic rings. The van der Waals surface area contributed by atoms with Gasteiger partial charge in [-0.15, -0.1) is 12.4 Å². The zero-order chi connectivity index (χ0) is 17.8. The SMILES string of the molecule is CCCCC(CCCC)NCCOC(=O)c1ccc([N+](=O)[O-])cc1.Cl. The van der Waals surface area contributed by atoms with Gasteiger partial charge in [-0.1, -0.05) is 39.5 Å². The summed E-state index contributed by atoms with van der Waals surface area (Å²) in [6.07, 6.45) is 7.05. The van der Waals surface area contributed by atoms with Gasteiger partial charge in [0.1, 0.15) is 6.61 Å². The smallest absolute Gasteiger partial charge is 0.338 e. The lowest BCUT2D eigenvalue weighted by atomic mass is 10.0. The predicted molar refractivity (Wildman–Crippen MR) is 101 cm³/mol. The molecule has 0 unspecified atom stereocenters. The van der Waals surface area contributed by atoms with E-state index in [1.807, 2.05) is 0 Å². The molecule has 0 aliphatic carbocycles. The third-order valence-corrected chi connectivity index (χ3v) is 3.89. The second-order valence-electron chi connectivity index (χ2n) is 5.88. The second kappa shape index (κ2) is 13.6. The topological polar surface area (TPSA) is 81.5 Å². The number of nitrogens with one attached hydrogen (secondary N) is 1. The summed E-state index contributed by atoms with van der Waals surface area (Å²) < 4.78 is 5.22. The highest BCUT2D eigenvalue weighted by atomic mass is 35.5. The van der Waals surface area contributed by atoms with E-state index in [0.717, 1.165) is 12.8 Å². The number of hydrogen-bond donors (Lipinski definition) is 1. The number of unbranched alkanes of at least 4 members (excludes halogenated alkanes) is 2. The van der Waals surface area contributed by atoms with Crippen LogP contribution in [0.2, 0.25) is 0 Å². The van der Waals surface area contributed by atoms with Crippen molar-refractivity contribution in [3.63, 3.8) is 0 Å². The fraction of sp³-hybridized carbons (Fsp3) is 0.611. The Balaban J connectivity index is 0.00000576. The van der Waals surface area contributed by atoms with Crippen LogP contribution in [0, 0.1) is 10.1 Å². The number of benzene rings is 1. The van der Waals surface area contributed by atoms with Crippen LogP contribution in [-0.2, 0) is 4.74 Å². The van der Waals surface area contributed by atoms with Crippen molar-refractivity contribution in [2.45, 2.75) is 58.4 Å². The largest absolute Gasteiger partial charge is 0.461 e. The average molecular weight is 373 g/mol. The quantitative estimate of drug-likeness (QED) is 0.252. The minimum absolute atomic E-state index is 0. The van der Waals surface area contributed by atoms with Gasteiger partial charge >= 0.3 is 5.97 Å². The normalized spacial score (nSPS) is 10.4. The van der Waals surface area contributed by atoms with Crippen molar-refractivity contribution in [2.24, 2.45) is 0 Å². The molecule has 0 spiro atoms. The third-order valence-electron chi connectivity index (χ3n) is 3.89. The molecule has 0 aliphatic rings. The molecule has 0 heterocycles. The number of carbonyl (C=O) groups is 1. The van der Waals surface area contributed by atoms with Crippen LogP contribution in [0.4, 0.5) is 5.69 Å². The molecule has 1 aromatic carbocycles. The van der Waals surface area contributed by atoms with E-state index in [9.17, 15) is 14.9 Å². The Morgan fingerprint density at radius 3 is 2.20 bits per heavy atom. The van der Waals surface area contributed by atoms with Crippen LogP contribution in [0.5, 0.6) is 0 Å². The molecule has 1 rings (SSSR count). The van der Waals surface area contributed by atoms with Gasteiger partial charge in [0.25, 0.3) is 5.69 Å². The average Bonchev–Trinajstić information content (AvgIpc) is 2.60. The zero-order valence-electron chi connectivity index (χ0n) is 15.0. The van der Waals surface area contributed by atoms with Gasteiger partial charge in [-0.2, -0.15) is 0 Å². The molecule has 0 aromatic heterocycles. The van der Waals surface area contributed by atoms with Crippen molar-refractivity contribution in [1.82, 2.24) is 5.32 Å². The van der Waals surface area contributed by atoms with Gasteiger partial charge in [0.15, 0.2) is 0 Å². The van der Waals surface area contributed by atoms with Crippen LogP contribution in [0.3, 0.4) is 0 Å². The number of halogens is 1. The van der Waals surface area contributed by atoms with Gasteiger partial charge in [-0.05, 0) is 25.0 Å². The minimum atomic E-state index is -0.494. The van der Waals surface area contributed by atoms with Crippen molar-refractivity contribution >= 4 is 24.1 Å². The third kappa shape index (κ3) is 9.41. The summed E-state index contributed by atoms with van der Waals surface area (Å²) in [5, 5.41) is 14.0. The number of rotatable bonds is 12. The monoisotopic (exact) mass is 372 g/mol. The first-order chi connectivity index (χ1) is 11.6. The number of ether oxygens (including phenoxy) is 1. The number of nitrogens with zero attached hydrogens (tertiary/aromatic N) is 1. The second-order valence-corrected chi connectivity index (χ2v) is 5.88.